The third kappa shape index (κ3) is 4.22. The van der Waals surface area contributed by atoms with Gasteiger partial charge in [0.25, 0.3) is 10.1 Å². The van der Waals surface area contributed by atoms with Gasteiger partial charge in [0.15, 0.2) is 0 Å². The third-order valence-electron chi connectivity index (χ3n) is 15.2. The van der Waals surface area contributed by atoms with Gasteiger partial charge in [-0.1, -0.05) is 73.1 Å². The lowest BCUT2D eigenvalue weighted by atomic mass is 9.32. The molecule has 6 unspecified atom stereocenters. The van der Waals surface area contributed by atoms with Crippen LogP contribution in [0.15, 0.2) is 29.2 Å². The van der Waals surface area contributed by atoms with Gasteiger partial charge in [0.1, 0.15) is 0 Å². The first-order valence-electron chi connectivity index (χ1n) is 17.0. The average molecular weight is 583 g/mol. The molecular formula is C37H58O3S. The molecule has 0 N–H and O–H groups in total. The normalized spacial score (nSPS) is 47.3. The Morgan fingerprint density at radius 1 is 0.756 bits per heavy atom. The van der Waals surface area contributed by atoms with Crippen molar-refractivity contribution in [3.8, 4) is 0 Å². The zero-order chi connectivity index (χ0) is 29.8. The summed E-state index contributed by atoms with van der Waals surface area (Å²) in [7, 11) is -3.79. The molecule has 0 saturated heterocycles. The van der Waals surface area contributed by atoms with Crippen molar-refractivity contribution in [3.63, 3.8) is 0 Å². The van der Waals surface area contributed by atoms with Crippen molar-refractivity contribution in [3.05, 3.63) is 29.8 Å². The quantitative estimate of drug-likeness (QED) is 0.332. The summed E-state index contributed by atoms with van der Waals surface area (Å²) in [5, 5.41) is 0. The van der Waals surface area contributed by atoms with Crippen LogP contribution in [0.3, 0.4) is 0 Å². The van der Waals surface area contributed by atoms with Crippen LogP contribution in [0.2, 0.25) is 0 Å². The van der Waals surface area contributed by atoms with E-state index in [4.69, 9.17) is 4.18 Å². The Morgan fingerprint density at radius 3 is 2.10 bits per heavy atom. The molecule has 0 aliphatic heterocycles. The first kappa shape index (κ1) is 30.2. The van der Waals surface area contributed by atoms with Crippen molar-refractivity contribution in [1.82, 2.24) is 0 Å². The zero-order valence-corrected chi connectivity index (χ0v) is 28.4. The molecule has 5 fully saturated rings. The fourth-order valence-corrected chi connectivity index (χ4v) is 14.0. The lowest BCUT2D eigenvalue weighted by molar-refractivity contribution is -0.246. The molecular weight excluding hydrogens is 524 g/mol. The van der Waals surface area contributed by atoms with Crippen LogP contribution in [0.25, 0.3) is 0 Å². The van der Waals surface area contributed by atoms with E-state index in [0.717, 1.165) is 42.1 Å². The highest BCUT2D eigenvalue weighted by atomic mass is 32.2. The van der Waals surface area contributed by atoms with Gasteiger partial charge < -0.3 is 0 Å². The molecule has 0 radical (unpaired) electrons. The minimum atomic E-state index is -3.79. The molecule has 0 aromatic heterocycles. The van der Waals surface area contributed by atoms with E-state index in [0.29, 0.717) is 28.1 Å². The lowest BCUT2D eigenvalue weighted by Crippen LogP contribution is -2.66. The molecule has 1 aromatic carbocycles. The molecule has 3 nitrogen and oxygen atoms in total. The zero-order valence-electron chi connectivity index (χ0n) is 27.6. The second-order valence-electron chi connectivity index (χ2n) is 17.5. The highest BCUT2D eigenvalue weighted by molar-refractivity contribution is 7.86. The molecule has 1 aromatic rings. The smallest absolute Gasteiger partial charge is 0.262 e. The number of hydrogen-bond donors (Lipinski definition) is 0. The maximum Gasteiger partial charge on any atom is 0.297 e. The SMILES string of the molecule is Cc1ccc(S(=O)(=O)OC2CCC3(C)C4CCC5[C@H]6[C@H](C(C)C)CCC6(C)CC[C@@]5(C)C4(C)CC[C@H]3C2(C)C)cc1. The van der Waals surface area contributed by atoms with E-state index in [1.54, 1.807) is 12.1 Å². The Balaban J connectivity index is 1.28. The Morgan fingerprint density at radius 2 is 1.44 bits per heavy atom. The topological polar surface area (TPSA) is 43.4 Å². The summed E-state index contributed by atoms with van der Waals surface area (Å²) in [5.74, 6) is 4.59. The maximum atomic E-state index is 13.4. The molecule has 0 bridgehead atoms. The molecule has 10 atom stereocenters. The van der Waals surface area contributed by atoms with Gasteiger partial charge in [-0.3, -0.25) is 4.18 Å². The van der Waals surface area contributed by atoms with Gasteiger partial charge in [-0.25, -0.2) is 0 Å². The minimum Gasteiger partial charge on any atom is -0.262 e. The number of aryl methyl sites for hydroxylation is 1. The summed E-state index contributed by atoms with van der Waals surface area (Å²) in [5.41, 5.74) is 2.39. The summed E-state index contributed by atoms with van der Waals surface area (Å²) >= 11 is 0. The predicted molar refractivity (Wildman–Crippen MR) is 168 cm³/mol. The van der Waals surface area contributed by atoms with Gasteiger partial charge in [0.05, 0.1) is 11.0 Å². The Kier molecular flexibility index (Phi) is 7.04. The Labute approximate surface area is 252 Å². The van der Waals surface area contributed by atoms with Crippen molar-refractivity contribution in [1.29, 1.82) is 0 Å². The highest BCUT2D eigenvalue weighted by Gasteiger charge is 2.70. The van der Waals surface area contributed by atoms with Crippen LogP contribution in [0.1, 0.15) is 125 Å². The van der Waals surface area contributed by atoms with Gasteiger partial charge in [-0.05, 0) is 146 Å². The lowest BCUT2D eigenvalue weighted by Gasteiger charge is -2.73. The van der Waals surface area contributed by atoms with Crippen LogP contribution in [-0.2, 0) is 14.3 Å². The summed E-state index contributed by atoms with van der Waals surface area (Å²) in [6.45, 7) is 22.3. The molecule has 4 heteroatoms. The van der Waals surface area contributed by atoms with Crippen molar-refractivity contribution in [2.24, 2.45) is 62.6 Å². The van der Waals surface area contributed by atoms with E-state index < -0.39 is 10.1 Å². The number of rotatable bonds is 4. The molecule has 5 saturated carbocycles. The van der Waals surface area contributed by atoms with Crippen LogP contribution in [0.4, 0.5) is 0 Å². The van der Waals surface area contributed by atoms with Crippen LogP contribution >= 0.6 is 0 Å². The van der Waals surface area contributed by atoms with Gasteiger partial charge >= 0.3 is 0 Å². The largest absolute Gasteiger partial charge is 0.297 e. The van der Waals surface area contributed by atoms with Crippen LogP contribution in [0.5, 0.6) is 0 Å². The molecule has 5 aliphatic carbocycles. The van der Waals surface area contributed by atoms with Crippen LogP contribution in [0, 0.1) is 69.5 Å². The average Bonchev–Trinajstić information content (AvgIpc) is 3.24. The van der Waals surface area contributed by atoms with Crippen molar-refractivity contribution in [2.45, 2.75) is 138 Å². The molecule has 230 valence electrons. The van der Waals surface area contributed by atoms with E-state index in [2.05, 4.69) is 55.4 Å². The van der Waals surface area contributed by atoms with Crippen molar-refractivity contribution < 1.29 is 12.6 Å². The number of hydrogen-bond acceptors (Lipinski definition) is 3. The summed E-state index contributed by atoms with van der Waals surface area (Å²) in [6.07, 6.45) is 12.5. The summed E-state index contributed by atoms with van der Waals surface area (Å²) in [6, 6.07) is 7.11. The molecule has 0 amide bonds. The standard InChI is InChI=1S/C37H58O3S/c1-24(2)27-16-19-34(6)22-23-36(8)28(32(27)34)14-15-30-35(7)20-18-31(33(4,5)29(35)17-21-37(30,36)9)40-41(38,39)26-12-10-25(3)11-13-26/h10-13,24,27-32H,14-23H2,1-9H3/t27-,28?,29-,30?,31?,32+,34?,35?,36+,37?/m0/s1. The fraction of sp³-hybridized carbons (Fsp3) is 0.838. The van der Waals surface area contributed by atoms with Crippen molar-refractivity contribution in [2.75, 3.05) is 0 Å². The number of benzene rings is 1. The Hall–Kier alpha value is -0.870. The van der Waals surface area contributed by atoms with Gasteiger partial charge in [0, 0.05) is 0 Å². The molecule has 0 spiro atoms. The molecule has 41 heavy (non-hydrogen) atoms. The Bertz CT molecular complexity index is 1270. The van der Waals surface area contributed by atoms with Crippen LogP contribution < -0.4 is 0 Å². The second-order valence-corrected chi connectivity index (χ2v) is 19.1. The van der Waals surface area contributed by atoms with Crippen LogP contribution in [-0.4, -0.2) is 14.5 Å². The van der Waals surface area contributed by atoms with E-state index in [9.17, 15) is 8.42 Å². The third-order valence-corrected chi connectivity index (χ3v) is 16.6. The predicted octanol–water partition coefficient (Wildman–Crippen LogP) is 9.83. The van der Waals surface area contributed by atoms with Gasteiger partial charge in [0.2, 0.25) is 0 Å². The molecule has 0 heterocycles. The maximum absolute atomic E-state index is 13.4. The van der Waals surface area contributed by atoms with E-state index in [-0.39, 0.29) is 21.8 Å². The number of fused-ring (bicyclic) bond motifs is 7. The highest BCUT2D eigenvalue weighted by Crippen LogP contribution is 2.77. The fourth-order valence-electron chi connectivity index (χ4n) is 12.8. The van der Waals surface area contributed by atoms with E-state index in [1.807, 2.05) is 19.1 Å². The minimum absolute atomic E-state index is 0.191. The molecule has 5 aliphatic rings. The monoisotopic (exact) mass is 582 g/mol. The molecule has 6 rings (SSSR count). The first-order chi connectivity index (χ1) is 19.0. The van der Waals surface area contributed by atoms with Gasteiger partial charge in [-0.15, -0.1) is 0 Å². The van der Waals surface area contributed by atoms with Crippen molar-refractivity contribution >= 4 is 10.1 Å². The summed E-state index contributed by atoms with van der Waals surface area (Å²) < 4.78 is 32.9. The van der Waals surface area contributed by atoms with E-state index >= 15 is 0 Å². The first-order valence-corrected chi connectivity index (χ1v) is 18.4. The van der Waals surface area contributed by atoms with Gasteiger partial charge in [-0.2, -0.15) is 8.42 Å². The second kappa shape index (κ2) is 9.56. The summed E-state index contributed by atoms with van der Waals surface area (Å²) in [4.78, 5) is 0.283. The van der Waals surface area contributed by atoms with E-state index in [1.165, 1.54) is 51.4 Å².